The van der Waals surface area contributed by atoms with E-state index in [1.54, 1.807) is 12.3 Å². The molecule has 3 aromatic rings. The molecular weight excluding hydrogens is 558 g/mol. The number of hydrogen-bond donors (Lipinski definition) is 1. The van der Waals surface area contributed by atoms with Crippen molar-refractivity contribution in [3.63, 3.8) is 0 Å². The summed E-state index contributed by atoms with van der Waals surface area (Å²) in [6.45, 7) is 2.84. The molecule has 1 N–H and O–H groups in total. The zero-order chi connectivity index (χ0) is 29.5. The van der Waals surface area contributed by atoms with Crippen molar-refractivity contribution in [2.24, 2.45) is 11.3 Å². The second-order valence-corrected chi connectivity index (χ2v) is 14.8. The van der Waals surface area contributed by atoms with E-state index in [-0.39, 0.29) is 18.5 Å². The fourth-order valence-corrected chi connectivity index (χ4v) is 7.08. The highest BCUT2D eigenvalue weighted by atomic mass is 32.2. The van der Waals surface area contributed by atoms with Crippen LogP contribution in [0.2, 0.25) is 0 Å². The number of benzene rings is 1. The number of aryl methyl sites for hydroxylation is 1. The van der Waals surface area contributed by atoms with E-state index in [1.165, 1.54) is 36.8 Å². The molecule has 1 aromatic carbocycles. The highest BCUT2D eigenvalue weighted by Crippen LogP contribution is 2.65. The number of carbonyl (C=O) groups excluding carboxylic acids is 1. The van der Waals surface area contributed by atoms with E-state index < -0.39 is 26.8 Å². The Balaban J connectivity index is 1.09. The van der Waals surface area contributed by atoms with Gasteiger partial charge < -0.3 is 9.30 Å². The Labute approximate surface area is 245 Å². The van der Waals surface area contributed by atoms with E-state index in [0.717, 1.165) is 53.9 Å². The van der Waals surface area contributed by atoms with Crippen LogP contribution in [-0.2, 0) is 37.3 Å². The number of aromatic nitrogens is 4. The molecular formula is C30H37N5O6S. The topological polar surface area (TPSA) is 134 Å². The Morgan fingerprint density at radius 1 is 1.14 bits per heavy atom. The number of ether oxygens (including phenoxy) is 1. The summed E-state index contributed by atoms with van der Waals surface area (Å²) >= 11 is 0. The average Bonchev–Trinajstić information content (AvgIpc) is 3.41. The number of nitrogens with zero attached hydrogens (tertiary/aromatic N) is 4. The lowest BCUT2D eigenvalue weighted by molar-refractivity contribution is -0.201. The summed E-state index contributed by atoms with van der Waals surface area (Å²) in [5.74, 6) is 0.145. The van der Waals surface area contributed by atoms with Gasteiger partial charge in [-0.05, 0) is 74.0 Å². The molecule has 2 atom stereocenters. The van der Waals surface area contributed by atoms with Gasteiger partial charge >= 0.3 is 0 Å². The third-order valence-electron chi connectivity index (χ3n) is 9.26. The maximum Gasteiger partial charge on any atom is 0.264 e. The van der Waals surface area contributed by atoms with Crippen molar-refractivity contribution in [3.05, 3.63) is 59.1 Å². The zero-order valence-electron chi connectivity index (χ0n) is 24.0. The summed E-state index contributed by atoms with van der Waals surface area (Å²) in [7, 11) is -3.84. The van der Waals surface area contributed by atoms with Crippen molar-refractivity contribution in [2.75, 3.05) is 12.9 Å². The summed E-state index contributed by atoms with van der Waals surface area (Å²) in [5, 5.41) is 8.68. The molecule has 1 aliphatic heterocycles. The first-order valence-electron chi connectivity index (χ1n) is 14.5. The van der Waals surface area contributed by atoms with Crippen LogP contribution >= 0.6 is 0 Å². The molecule has 7 rings (SSSR count). The molecule has 1 saturated heterocycles. The van der Waals surface area contributed by atoms with E-state index >= 15 is 0 Å². The number of hydrogen-bond acceptors (Lipinski definition) is 8. The average molecular weight is 596 g/mol. The smallest absolute Gasteiger partial charge is 0.264 e. The van der Waals surface area contributed by atoms with Gasteiger partial charge in [0.2, 0.25) is 0 Å². The number of rotatable bonds is 11. The minimum Gasteiger partial charge on any atom is -0.350 e. The summed E-state index contributed by atoms with van der Waals surface area (Å²) in [4.78, 5) is 31.2. The molecule has 1 amide bonds. The number of sulfone groups is 1. The van der Waals surface area contributed by atoms with Gasteiger partial charge in [-0.1, -0.05) is 29.5 Å². The molecule has 0 spiro atoms. The molecule has 3 heterocycles. The number of hydroxylamine groups is 1. The first-order valence-corrected chi connectivity index (χ1v) is 16.4. The predicted octanol–water partition coefficient (Wildman–Crippen LogP) is 3.34. The lowest BCUT2D eigenvalue weighted by Gasteiger charge is -2.61. The number of nitrogens with one attached hydrogen (secondary N) is 1. The highest BCUT2D eigenvalue weighted by molar-refractivity contribution is 7.92. The van der Waals surface area contributed by atoms with Crippen LogP contribution in [0.4, 0.5) is 0 Å². The maximum absolute atomic E-state index is 13.0. The van der Waals surface area contributed by atoms with Gasteiger partial charge in [0.05, 0.1) is 6.20 Å². The molecule has 4 fully saturated rings. The van der Waals surface area contributed by atoms with Gasteiger partial charge in [0.15, 0.2) is 20.9 Å². The van der Waals surface area contributed by atoms with Crippen LogP contribution in [0.15, 0.2) is 53.6 Å². The quantitative estimate of drug-likeness (QED) is 0.334. The van der Waals surface area contributed by atoms with Crippen LogP contribution in [0.1, 0.15) is 51.9 Å². The molecule has 2 bridgehead atoms. The lowest BCUT2D eigenvalue weighted by atomic mass is 9.44. The minimum atomic E-state index is -3.84. The molecule has 2 unspecified atom stereocenters. The van der Waals surface area contributed by atoms with Gasteiger partial charge in [0.1, 0.15) is 5.69 Å². The van der Waals surface area contributed by atoms with E-state index in [0.29, 0.717) is 18.4 Å². The first-order chi connectivity index (χ1) is 20.0. The molecule has 12 heteroatoms. The Morgan fingerprint density at radius 2 is 1.88 bits per heavy atom. The third-order valence-corrected chi connectivity index (χ3v) is 11.3. The van der Waals surface area contributed by atoms with Gasteiger partial charge in [-0.2, -0.15) is 0 Å². The Hall–Kier alpha value is -3.35. The summed E-state index contributed by atoms with van der Waals surface area (Å²) in [6.07, 6.45) is 10.3. The first kappa shape index (κ1) is 28.8. The van der Waals surface area contributed by atoms with Crippen LogP contribution in [-0.4, -0.2) is 57.8 Å². The van der Waals surface area contributed by atoms with Crippen molar-refractivity contribution in [1.82, 2.24) is 25.0 Å². The predicted molar refractivity (Wildman–Crippen MR) is 156 cm³/mol. The van der Waals surface area contributed by atoms with Gasteiger partial charge in [-0.3, -0.25) is 14.3 Å². The minimum absolute atomic E-state index is 0.0343. The zero-order valence-corrected chi connectivity index (χ0v) is 24.8. The summed E-state index contributed by atoms with van der Waals surface area (Å²) in [6, 6.07) is 11.1. The maximum atomic E-state index is 13.0. The van der Waals surface area contributed by atoms with Gasteiger partial charge in [-0.15, -0.1) is 5.10 Å². The highest BCUT2D eigenvalue weighted by Gasteiger charge is 2.56. The van der Waals surface area contributed by atoms with Crippen molar-refractivity contribution >= 4 is 15.7 Å². The molecule has 0 radical (unpaired) electrons. The number of carbonyl (C=O) groups is 1. The summed E-state index contributed by atoms with van der Waals surface area (Å²) < 4.78 is 32.3. The third kappa shape index (κ3) is 5.67. The Morgan fingerprint density at radius 3 is 2.50 bits per heavy atom. The Kier molecular flexibility index (Phi) is 7.57. The molecule has 11 nitrogen and oxygen atoms in total. The molecule has 3 saturated carbocycles. The fraction of sp³-hybridized carbons (Fsp3) is 0.533. The second-order valence-electron chi connectivity index (χ2n) is 12.4. The monoisotopic (exact) mass is 595 g/mol. The van der Waals surface area contributed by atoms with Crippen LogP contribution in [0, 0.1) is 11.3 Å². The SMILES string of the molecule is CC(CCn1ccc(-c2ccc(-c3cn(CC45CC(C4)C5)nn3)cc2)cc1=O)(C(=O)NOC1CCCCO1)S(C)(=O)=O. The fourth-order valence-electron chi connectivity index (χ4n) is 6.24. The van der Waals surface area contributed by atoms with Gasteiger partial charge in [0.25, 0.3) is 11.5 Å². The summed E-state index contributed by atoms with van der Waals surface area (Å²) in [5.41, 5.74) is 5.81. The molecule has 4 aliphatic rings. The van der Waals surface area contributed by atoms with Crippen molar-refractivity contribution in [3.8, 4) is 22.4 Å². The molecule has 42 heavy (non-hydrogen) atoms. The van der Waals surface area contributed by atoms with E-state index in [9.17, 15) is 18.0 Å². The van der Waals surface area contributed by atoms with Crippen LogP contribution in [0.5, 0.6) is 0 Å². The molecule has 3 aliphatic carbocycles. The molecule has 224 valence electrons. The Bertz CT molecular complexity index is 1610. The number of pyridine rings is 1. The second kappa shape index (κ2) is 11.1. The van der Waals surface area contributed by atoms with E-state index in [2.05, 4.69) is 15.8 Å². The number of amides is 1. The van der Waals surface area contributed by atoms with Gasteiger partial charge in [-0.25, -0.2) is 18.7 Å². The van der Waals surface area contributed by atoms with E-state index in [1.807, 2.05) is 35.1 Å². The largest absolute Gasteiger partial charge is 0.350 e. The van der Waals surface area contributed by atoms with Crippen molar-refractivity contribution < 1.29 is 22.8 Å². The van der Waals surface area contributed by atoms with Crippen molar-refractivity contribution in [2.45, 2.75) is 76.0 Å². The van der Waals surface area contributed by atoms with Crippen molar-refractivity contribution in [1.29, 1.82) is 0 Å². The lowest BCUT2D eigenvalue weighted by Crippen LogP contribution is -2.54. The standard InChI is InChI=1S/C30H37N5O6S/c1-29(42(2,38)39,28(37)32-41-27-5-3-4-14-40-27)11-13-34-12-10-24(15-26(34)36)22-6-8-23(9-7-22)25-19-35(33-31-25)20-30-16-21(17-30)18-30/h6-10,12,15,19,21,27H,3-5,11,13-14,16-18,20H2,1-2H3,(H,32,37). The van der Waals surface area contributed by atoms with E-state index in [4.69, 9.17) is 9.57 Å². The van der Waals surface area contributed by atoms with Crippen LogP contribution in [0.25, 0.3) is 22.4 Å². The normalized spacial score (nSPS) is 24.7. The van der Waals surface area contributed by atoms with Gasteiger partial charge in [0, 0.05) is 50.2 Å². The van der Waals surface area contributed by atoms with Crippen LogP contribution in [0.3, 0.4) is 0 Å². The molecule has 2 aromatic heterocycles. The van der Waals surface area contributed by atoms with Crippen LogP contribution < -0.4 is 11.0 Å².